The Morgan fingerprint density at radius 2 is 1.82 bits per heavy atom. The van der Waals surface area contributed by atoms with Gasteiger partial charge in [0, 0.05) is 38.3 Å². The molecule has 1 fully saturated rings. The first-order valence-corrected chi connectivity index (χ1v) is 12.9. The number of amides is 1. The summed E-state index contributed by atoms with van der Waals surface area (Å²) >= 11 is 4.43. The predicted octanol–water partition coefficient (Wildman–Crippen LogP) is 3.10. The third-order valence-corrected chi connectivity index (χ3v) is 7.83. The number of hydrogen-bond acceptors (Lipinski definition) is 7. The predicted molar refractivity (Wildman–Crippen MR) is 126 cm³/mol. The Kier molecular flexibility index (Phi) is 9.73. The minimum absolute atomic E-state index is 0.212. The number of aliphatic carboxylic acids is 1. The molecule has 0 aliphatic carbocycles. The van der Waals surface area contributed by atoms with Gasteiger partial charge in [0.05, 0.1) is 15.2 Å². The fourth-order valence-electron chi connectivity index (χ4n) is 2.84. The van der Waals surface area contributed by atoms with Gasteiger partial charge < -0.3 is 20.6 Å². The third-order valence-electron chi connectivity index (χ3n) is 4.35. The van der Waals surface area contributed by atoms with Crippen LogP contribution in [0.5, 0.6) is 0 Å². The van der Waals surface area contributed by atoms with Crippen LogP contribution in [0.4, 0.5) is 24.5 Å². The van der Waals surface area contributed by atoms with Crippen LogP contribution >= 0.6 is 27.3 Å². The second-order valence-electron chi connectivity index (χ2n) is 6.80. The SMILES string of the molecule is CCNC(=O)c1ccc(N2CCNCC2)c(NS(=O)(=O)c2ccc(Br)s2)c1.O=C(O)C(F)(F)F. The molecule has 1 amide bonds. The van der Waals surface area contributed by atoms with Crippen molar-refractivity contribution in [3.05, 3.63) is 39.7 Å². The van der Waals surface area contributed by atoms with Crippen LogP contribution in [0, 0.1) is 0 Å². The largest absolute Gasteiger partial charge is 0.490 e. The summed E-state index contributed by atoms with van der Waals surface area (Å²) < 4.78 is 61.0. The summed E-state index contributed by atoms with van der Waals surface area (Å²) in [5.74, 6) is -2.99. The number of sulfonamides is 1. The zero-order valence-electron chi connectivity index (χ0n) is 17.8. The Morgan fingerprint density at radius 1 is 1.21 bits per heavy atom. The second kappa shape index (κ2) is 11.9. The van der Waals surface area contributed by atoms with Gasteiger partial charge in [-0.1, -0.05) is 0 Å². The number of rotatable bonds is 6. The topological polar surface area (TPSA) is 128 Å². The van der Waals surface area contributed by atoms with Crippen molar-refractivity contribution in [1.29, 1.82) is 0 Å². The summed E-state index contributed by atoms with van der Waals surface area (Å²) in [4.78, 5) is 23.2. The quantitative estimate of drug-likeness (QED) is 0.409. The first-order valence-electron chi connectivity index (χ1n) is 9.81. The van der Waals surface area contributed by atoms with E-state index in [0.717, 1.165) is 47.0 Å². The molecule has 1 saturated heterocycles. The summed E-state index contributed by atoms with van der Waals surface area (Å²) in [7, 11) is -3.74. The molecule has 2 aromatic rings. The number of nitrogens with one attached hydrogen (secondary N) is 3. The van der Waals surface area contributed by atoms with Gasteiger partial charge in [-0.2, -0.15) is 13.2 Å². The lowest BCUT2D eigenvalue weighted by Crippen LogP contribution is -2.43. The van der Waals surface area contributed by atoms with Crippen LogP contribution in [0.1, 0.15) is 17.3 Å². The highest BCUT2D eigenvalue weighted by Gasteiger charge is 2.38. The second-order valence-corrected chi connectivity index (χ2v) is 11.2. The first-order chi connectivity index (χ1) is 15.8. The number of piperazine rings is 1. The number of carbonyl (C=O) groups excluding carboxylic acids is 1. The van der Waals surface area contributed by atoms with Crippen molar-refractivity contribution in [1.82, 2.24) is 10.6 Å². The van der Waals surface area contributed by atoms with Gasteiger partial charge in [0.2, 0.25) is 0 Å². The Labute approximate surface area is 206 Å². The zero-order valence-corrected chi connectivity index (χ0v) is 21.0. The molecular formula is C19H22BrF3N4O5S2. The standard InChI is InChI=1S/C17H21BrN4O3S2.C2HF3O2/c1-2-20-17(23)12-3-4-14(22-9-7-19-8-10-22)13(11-12)21-27(24,25)16-6-5-15(18)26-16;3-2(4,5)1(6)7/h3-6,11,19,21H,2,7-10H2,1H3,(H,20,23);(H,6,7). The van der Waals surface area contributed by atoms with Crippen LogP contribution < -0.4 is 20.3 Å². The van der Waals surface area contributed by atoms with Gasteiger partial charge >= 0.3 is 12.1 Å². The Balaban J connectivity index is 0.000000509. The van der Waals surface area contributed by atoms with Crippen molar-refractivity contribution < 1.29 is 36.3 Å². The molecule has 1 aliphatic heterocycles. The van der Waals surface area contributed by atoms with E-state index in [1.54, 1.807) is 30.3 Å². The first kappa shape index (κ1) is 27.9. The number of nitrogens with zero attached hydrogens (tertiary/aromatic N) is 1. The molecule has 188 valence electrons. The van der Waals surface area contributed by atoms with Crippen LogP contribution in [0.3, 0.4) is 0 Å². The number of carbonyl (C=O) groups is 2. The summed E-state index contributed by atoms with van der Waals surface area (Å²) in [5, 5.41) is 13.1. The highest BCUT2D eigenvalue weighted by Crippen LogP contribution is 2.32. The summed E-state index contributed by atoms with van der Waals surface area (Å²) in [6, 6.07) is 8.37. The van der Waals surface area contributed by atoms with Crippen LogP contribution in [0.25, 0.3) is 0 Å². The molecule has 1 aliphatic rings. The van der Waals surface area contributed by atoms with Crippen molar-refractivity contribution in [3.63, 3.8) is 0 Å². The highest BCUT2D eigenvalue weighted by atomic mass is 79.9. The molecular weight excluding hydrogens is 565 g/mol. The van der Waals surface area contributed by atoms with E-state index < -0.39 is 22.2 Å². The smallest absolute Gasteiger partial charge is 0.475 e. The lowest BCUT2D eigenvalue weighted by Gasteiger charge is -2.31. The molecule has 2 heterocycles. The van der Waals surface area contributed by atoms with E-state index in [1.807, 2.05) is 6.92 Å². The lowest BCUT2D eigenvalue weighted by atomic mass is 10.1. The number of hydrogen-bond donors (Lipinski definition) is 4. The van der Waals surface area contributed by atoms with E-state index in [4.69, 9.17) is 9.90 Å². The van der Waals surface area contributed by atoms with E-state index in [9.17, 15) is 26.4 Å². The molecule has 4 N–H and O–H groups in total. The maximum Gasteiger partial charge on any atom is 0.490 e. The molecule has 1 aromatic heterocycles. The van der Waals surface area contributed by atoms with E-state index in [2.05, 4.69) is 36.2 Å². The molecule has 15 heteroatoms. The highest BCUT2D eigenvalue weighted by molar-refractivity contribution is 9.11. The zero-order chi connectivity index (χ0) is 25.5. The van der Waals surface area contributed by atoms with Crippen LogP contribution in [0.2, 0.25) is 0 Å². The van der Waals surface area contributed by atoms with Gasteiger partial charge in [-0.15, -0.1) is 11.3 Å². The molecule has 9 nitrogen and oxygen atoms in total. The van der Waals surface area contributed by atoms with Crippen molar-refractivity contribution >= 4 is 60.5 Å². The van der Waals surface area contributed by atoms with Gasteiger partial charge in [0.1, 0.15) is 4.21 Å². The average molecular weight is 587 g/mol. The van der Waals surface area contributed by atoms with Crippen molar-refractivity contribution in [2.24, 2.45) is 0 Å². The minimum atomic E-state index is -5.08. The Morgan fingerprint density at radius 3 is 2.32 bits per heavy atom. The maximum absolute atomic E-state index is 12.8. The minimum Gasteiger partial charge on any atom is -0.475 e. The number of alkyl halides is 3. The van der Waals surface area contributed by atoms with Gasteiger partial charge in [0.15, 0.2) is 0 Å². The Hall–Kier alpha value is -2.36. The number of thiophene rings is 1. The Bertz CT molecular complexity index is 1120. The fourth-order valence-corrected chi connectivity index (χ4v) is 5.92. The fraction of sp³-hybridized carbons (Fsp3) is 0.368. The molecule has 0 spiro atoms. The summed E-state index contributed by atoms with van der Waals surface area (Å²) in [5.41, 5.74) is 1.59. The van der Waals surface area contributed by atoms with Gasteiger partial charge in [-0.25, -0.2) is 13.2 Å². The van der Waals surface area contributed by atoms with Crippen molar-refractivity contribution in [3.8, 4) is 0 Å². The van der Waals surface area contributed by atoms with Crippen LogP contribution in [0.15, 0.2) is 38.3 Å². The van der Waals surface area contributed by atoms with Crippen molar-refractivity contribution in [2.75, 3.05) is 42.3 Å². The summed E-state index contributed by atoms with van der Waals surface area (Å²) in [6.07, 6.45) is -5.08. The molecule has 0 radical (unpaired) electrons. The molecule has 0 bridgehead atoms. The van der Waals surface area contributed by atoms with Crippen LogP contribution in [-0.2, 0) is 14.8 Å². The summed E-state index contributed by atoms with van der Waals surface area (Å²) in [6.45, 7) is 5.51. The van der Waals surface area contributed by atoms with E-state index in [1.165, 1.54) is 0 Å². The van der Waals surface area contributed by atoms with Gasteiger partial charge in [-0.3, -0.25) is 9.52 Å². The number of carboxylic acid groups (broad SMARTS) is 1. The molecule has 3 rings (SSSR count). The van der Waals surface area contributed by atoms with Gasteiger partial charge in [0.25, 0.3) is 15.9 Å². The molecule has 0 unspecified atom stereocenters. The van der Waals surface area contributed by atoms with E-state index >= 15 is 0 Å². The molecule has 1 aromatic carbocycles. The number of anilines is 2. The van der Waals surface area contributed by atoms with E-state index in [0.29, 0.717) is 17.8 Å². The molecule has 0 atom stereocenters. The number of carboxylic acids is 1. The van der Waals surface area contributed by atoms with Crippen LogP contribution in [-0.4, -0.2) is 64.3 Å². The monoisotopic (exact) mass is 586 g/mol. The lowest BCUT2D eigenvalue weighted by molar-refractivity contribution is -0.192. The third kappa shape index (κ3) is 7.85. The van der Waals surface area contributed by atoms with Crippen molar-refractivity contribution in [2.45, 2.75) is 17.3 Å². The van der Waals surface area contributed by atoms with E-state index in [-0.39, 0.29) is 10.1 Å². The normalized spacial score (nSPS) is 14.1. The average Bonchev–Trinajstić information content (AvgIpc) is 3.21. The van der Waals surface area contributed by atoms with Gasteiger partial charge in [-0.05, 0) is 53.2 Å². The molecule has 34 heavy (non-hydrogen) atoms. The maximum atomic E-state index is 12.8. The number of benzene rings is 1. The number of halogens is 4. The molecule has 0 saturated carbocycles.